The highest BCUT2D eigenvalue weighted by Crippen LogP contribution is 2.32. The Morgan fingerprint density at radius 1 is 0.977 bits per heavy atom. The molecule has 220 valence electrons. The van der Waals surface area contributed by atoms with Crippen LogP contribution in [0.5, 0.6) is 11.5 Å². The Balaban J connectivity index is 1.36. The molecule has 44 heavy (non-hydrogen) atoms. The summed E-state index contributed by atoms with van der Waals surface area (Å²) in [5.74, 6) is 0.530. The molecule has 0 aliphatic carbocycles. The van der Waals surface area contributed by atoms with Crippen LogP contribution < -0.4 is 29.7 Å². The molecule has 1 aliphatic heterocycles. The molecule has 1 amide bonds. The molecule has 1 atom stereocenters. The Labute approximate surface area is 256 Å². The predicted octanol–water partition coefficient (Wildman–Crippen LogP) is 5.60. The van der Waals surface area contributed by atoms with Crippen molar-refractivity contribution >= 4 is 29.0 Å². The first-order chi connectivity index (χ1) is 21.4. The number of hydrogen-bond acceptors (Lipinski definition) is 6. The minimum Gasteiger partial charge on any atom is -0.497 e. The summed E-state index contributed by atoms with van der Waals surface area (Å²) in [5.41, 5.74) is 3.24. The summed E-state index contributed by atoms with van der Waals surface area (Å²) in [5, 5.41) is 2.96. The zero-order valence-electron chi connectivity index (χ0n) is 24.0. The molecular formula is C35H28FN3O4S. The van der Waals surface area contributed by atoms with E-state index < -0.39 is 6.04 Å². The lowest BCUT2D eigenvalue weighted by Gasteiger charge is -2.25. The van der Waals surface area contributed by atoms with Gasteiger partial charge in [0.1, 0.15) is 23.9 Å². The minimum atomic E-state index is -0.721. The third-order valence-corrected chi connectivity index (χ3v) is 8.22. The number of halogens is 1. The molecule has 0 saturated heterocycles. The van der Waals surface area contributed by atoms with E-state index in [2.05, 4.69) is 5.32 Å². The first kappa shape index (κ1) is 28.8. The van der Waals surface area contributed by atoms with Crippen molar-refractivity contribution in [2.75, 3.05) is 12.4 Å². The van der Waals surface area contributed by atoms with Gasteiger partial charge in [-0.2, -0.15) is 0 Å². The number of thiazole rings is 1. The number of allylic oxidation sites excluding steroid dienone is 1. The van der Waals surface area contributed by atoms with E-state index in [1.54, 1.807) is 67.1 Å². The molecule has 7 nitrogen and oxygen atoms in total. The third kappa shape index (κ3) is 5.95. The molecule has 1 aromatic heterocycles. The molecule has 0 spiro atoms. The number of hydrogen-bond donors (Lipinski definition) is 1. The second-order valence-electron chi connectivity index (χ2n) is 10.1. The second kappa shape index (κ2) is 12.5. The molecule has 0 radical (unpaired) electrons. The maximum atomic E-state index is 14.0. The molecule has 9 heteroatoms. The standard InChI is InChI=1S/C35H28FN3O4S/c1-22-31(33(40)38-26-11-4-3-5-12-26)32(24-10-8-13-28(20-24)42-2)39-34(41)30(44-35(39)37-22)19-23-15-17-27(18-16-23)43-21-25-9-6-7-14-29(25)36/h3-20,32H,21H2,1-2H3,(H,38,40)/b30-19-/t32-/m0/s1. The van der Waals surface area contributed by atoms with Crippen LogP contribution in [0, 0.1) is 5.82 Å². The van der Waals surface area contributed by atoms with Gasteiger partial charge in [0.05, 0.1) is 29.0 Å². The quantitative estimate of drug-likeness (QED) is 0.250. The number of carbonyl (C=O) groups is 1. The summed E-state index contributed by atoms with van der Waals surface area (Å²) in [6.45, 7) is 1.89. The van der Waals surface area contributed by atoms with E-state index in [0.29, 0.717) is 43.4 Å². The van der Waals surface area contributed by atoms with E-state index in [1.807, 2.05) is 54.6 Å². The van der Waals surface area contributed by atoms with Gasteiger partial charge in [-0.05, 0) is 66.6 Å². The van der Waals surface area contributed by atoms with E-state index in [9.17, 15) is 14.0 Å². The first-order valence-corrected chi connectivity index (χ1v) is 14.7. The summed E-state index contributed by atoms with van der Waals surface area (Å²) >= 11 is 1.26. The van der Waals surface area contributed by atoms with Crippen LogP contribution in [0.1, 0.15) is 29.7 Å². The Kier molecular flexibility index (Phi) is 8.21. The van der Waals surface area contributed by atoms with Crippen LogP contribution in [0.25, 0.3) is 6.08 Å². The number of anilines is 1. The summed E-state index contributed by atoms with van der Waals surface area (Å²) < 4.78 is 27.2. The number of carbonyl (C=O) groups excluding carboxylic acids is 1. The highest BCUT2D eigenvalue weighted by Gasteiger charge is 2.32. The highest BCUT2D eigenvalue weighted by atomic mass is 32.1. The van der Waals surface area contributed by atoms with Gasteiger partial charge >= 0.3 is 0 Å². The van der Waals surface area contributed by atoms with Crippen molar-refractivity contribution in [3.05, 3.63) is 157 Å². The summed E-state index contributed by atoms with van der Waals surface area (Å²) in [6, 6.07) is 29.5. The number of nitrogens with zero attached hydrogens (tertiary/aromatic N) is 2. The average Bonchev–Trinajstić information content (AvgIpc) is 3.34. The number of ether oxygens (including phenoxy) is 2. The van der Waals surface area contributed by atoms with Gasteiger partial charge in [0.15, 0.2) is 4.80 Å². The van der Waals surface area contributed by atoms with Crippen LogP contribution in [0.2, 0.25) is 0 Å². The van der Waals surface area contributed by atoms with Crippen molar-refractivity contribution in [1.29, 1.82) is 0 Å². The molecule has 5 aromatic rings. The van der Waals surface area contributed by atoms with Crippen LogP contribution in [0.4, 0.5) is 10.1 Å². The molecule has 4 aromatic carbocycles. The van der Waals surface area contributed by atoms with E-state index >= 15 is 0 Å². The number of methoxy groups -OCH3 is 1. The molecule has 6 rings (SSSR count). The molecule has 0 unspecified atom stereocenters. The Morgan fingerprint density at radius 2 is 1.73 bits per heavy atom. The zero-order chi connectivity index (χ0) is 30.6. The zero-order valence-corrected chi connectivity index (χ0v) is 24.8. The van der Waals surface area contributed by atoms with Gasteiger partial charge in [0.25, 0.3) is 11.5 Å². The van der Waals surface area contributed by atoms with Gasteiger partial charge in [-0.25, -0.2) is 9.38 Å². The van der Waals surface area contributed by atoms with Crippen molar-refractivity contribution < 1.29 is 18.7 Å². The lowest BCUT2D eigenvalue weighted by Crippen LogP contribution is -2.40. The van der Waals surface area contributed by atoms with Crippen LogP contribution in [-0.4, -0.2) is 17.6 Å². The Hall–Kier alpha value is -5.28. The van der Waals surface area contributed by atoms with Crippen molar-refractivity contribution in [3.8, 4) is 11.5 Å². The molecule has 0 bridgehead atoms. The number of amides is 1. The fraction of sp³-hybridized carbons (Fsp3) is 0.114. The molecule has 0 fully saturated rings. The molecule has 1 aliphatic rings. The normalized spacial score (nSPS) is 14.5. The highest BCUT2D eigenvalue weighted by molar-refractivity contribution is 7.07. The van der Waals surface area contributed by atoms with Crippen molar-refractivity contribution in [3.63, 3.8) is 0 Å². The average molecular weight is 606 g/mol. The number of rotatable bonds is 8. The van der Waals surface area contributed by atoms with Crippen molar-refractivity contribution in [2.24, 2.45) is 4.99 Å². The van der Waals surface area contributed by atoms with Gasteiger partial charge in [-0.3, -0.25) is 14.2 Å². The number of fused-ring (bicyclic) bond motifs is 1. The molecule has 1 N–H and O–H groups in total. The molecule has 2 heterocycles. The summed E-state index contributed by atoms with van der Waals surface area (Å²) in [4.78, 5) is 32.9. The maximum Gasteiger partial charge on any atom is 0.271 e. The van der Waals surface area contributed by atoms with Gasteiger partial charge in [0.2, 0.25) is 0 Å². The largest absolute Gasteiger partial charge is 0.497 e. The van der Waals surface area contributed by atoms with Gasteiger partial charge < -0.3 is 14.8 Å². The van der Waals surface area contributed by atoms with Crippen LogP contribution in [0.3, 0.4) is 0 Å². The number of aromatic nitrogens is 1. The van der Waals surface area contributed by atoms with E-state index in [4.69, 9.17) is 14.5 Å². The predicted molar refractivity (Wildman–Crippen MR) is 169 cm³/mol. The van der Waals surface area contributed by atoms with Crippen molar-refractivity contribution in [2.45, 2.75) is 19.6 Å². The molecule has 0 saturated carbocycles. The van der Waals surface area contributed by atoms with Crippen LogP contribution in [0.15, 0.2) is 124 Å². The van der Waals surface area contributed by atoms with Gasteiger partial charge in [-0.15, -0.1) is 0 Å². The fourth-order valence-electron chi connectivity index (χ4n) is 5.05. The number of para-hydroxylation sites is 1. The van der Waals surface area contributed by atoms with Gasteiger partial charge in [0, 0.05) is 11.3 Å². The second-order valence-corrected chi connectivity index (χ2v) is 11.1. The first-order valence-electron chi connectivity index (χ1n) is 13.9. The van der Waals surface area contributed by atoms with Crippen molar-refractivity contribution in [1.82, 2.24) is 4.57 Å². The number of benzene rings is 4. The van der Waals surface area contributed by atoms with E-state index in [0.717, 1.165) is 11.1 Å². The SMILES string of the molecule is COc1cccc([C@H]2C(C(=O)Nc3ccccc3)=C(C)N=c3s/c(=C\c4ccc(OCc5ccccc5F)cc4)c(=O)n32)c1. The molecular weight excluding hydrogens is 577 g/mol. The minimum absolute atomic E-state index is 0.106. The fourth-order valence-corrected chi connectivity index (χ4v) is 6.09. The van der Waals surface area contributed by atoms with Crippen LogP contribution >= 0.6 is 11.3 Å². The van der Waals surface area contributed by atoms with E-state index in [-0.39, 0.29) is 23.9 Å². The lowest BCUT2D eigenvalue weighted by atomic mass is 9.95. The summed E-state index contributed by atoms with van der Waals surface area (Å²) in [6.07, 6.45) is 1.79. The Bertz CT molecular complexity index is 2050. The topological polar surface area (TPSA) is 81.9 Å². The Morgan fingerprint density at radius 3 is 2.48 bits per heavy atom. The summed E-state index contributed by atoms with van der Waals surface area (Å²) in [7, 11) is 1.57. The monoisotopic (exact) mass is 605 g/mol. The maximum absolute atomic E-state index is 14.0. The van der Waals surface area contributed by atoms with Gasteiger partial charge in [-0.1, -0.05) is 72.0 Å². The third-order valence-electron chi connectivity index (χ3n) is 7.24. The van der Waals surface area contributed by atoms with Crippen LogP contribution in [-0.2, 0) is 11.4 Å². The van der Waals surface area contributed by atoms with E-state index in [1.165, 1.54) is 17.4 Å². The smallest absolute Gasteiger partial charge is 0.271 e. The lowest BCUT2D eigenvalue weighted by molar-refractivity contribution is -0.113. The number of nitrogens with one attached hydrogen (secondary N) is 1.